The van der Waals surface area contributed by atoms with Gasteiger partial charge in [-0.25, -0.2) is 14.8 Å². The number of carbonyl (C=O) groups is 1. The molecule has 2 heterocycles. The van der Waals surface area contributed by atoms with E-state index in [1.165, 1.54) is 18.1 Å². The van der Waals surface area contributed by atoms with Crippen LogP contribution in [0.4, 0.5) is 0 Å². The van der Waals surface area contributed by atoms with E-state index in [2.05, 4.69) is 20.2 Å². The first-order valence-corrected chi connectivity index (χ1v) is 6.54. The molecule has 2 aromatic heterocycles. The van der Waals surface area contributed by atoms with Crippen LogP contribution in [0.15, 0.2) is 27.1 Å². The van der Waals surface area contributed by atoms with Crippen LogP contribution in [0.5, 0.6) is 0 Å². The van der Waals surface area contributed by atoms with Gasteiger partial charge in [-0.3, -0.25) is 0 Å². The Morgan fingerprint density at radius 2 is 2.21 bits per heavy atom. The summed E-state index contributed by atoms with van der Waals surface area (Å²) in [6.07, 6.45) is 2.29. The Bertz CT molecular complexity index is 573. The molecule has 7 nitrogen and oxygen atoms in total. The fourth-order valence-electron chi connectivity index (χ4n) is 1.24. The Morgan fingerprint density at radius 1 is 1.37 bits per heavy atom. The molecule has 0 fully saturated rings. The fourth-order valence-corrected chi connectivity index (χ4v) is 1.92. The minimum absolute atomic E-state index is 0.158. The zero-order valence-corrected chi connectivity index (χ0v) is 11.3. The monoisotopic (exact) mass is 280 g/mol. The normalized spacial score (nSPS) is 10.4. The predicted molar refractivity (Wildman–Crippen MR) is 65.8 cm³/mol. The molecule has 0 saturated heterocycles. The quantitative estimate of drug-likeness (QED) is 0.604. The minimum Gasteiger partial charge on any atom is -0.459 e. The highest BCUT2D eigenvalue weighted by atomic mass is 32.2. The number of aryl methyl sites for hydroxylation is 1. The second-order valence-electron chi connectivity index (χ2n) is 3.40. The first-order chi connectivity index (χ1) is 9.22. The summed E-state index contributed by atoms with van der Waals surface area (Å²) in [6.45, 7) is 3.97. The van der Waals surface area contributed by atoms with Crippen molar-refractivity contribution in [1.82, 2.24) is 20.2 Å². The summed E-state index contributed by atoms with van der Waals surface area (Å²) in [7, 11) is 0. The molecule has 19 heavy (non-hydrogen) atoms. The van der Waals surface area contributed by atoms with Crippen LogP contribution in [0.2, 0.25) is 0 Å². The highest BCUT2D eigenvalue weighted by molar-refractivity contribution is 7.99. The van der Waals surface area contributed by atoms with Crippen LogP contribution in [0.25, 0.3) is 0 Å². The largest absolute Gasteiger partial charge is 0.459 e. The summed E-state index contributed by atoms with van der Waals surface area (Å²) in [5.74, 6) is -0.784. The van der Waals surface area contributed by atoms with E-state index in [1.807, 2.05) is 13.0 Å². The molecule has 0 spiro atoms. The molecule has 0 saturated carbocycles. The molecule has 2 aromatic rings. The van der Waals surface area contributed by atoms with Gasteiger partial charge in [-0.1, -0.05) is 12.0 Å². The Labute approximate surface area is 113 Å². The Morgan fingerprint density at radius 3 is 2.95 bits per heavy atom. The van der Waals surface area contributed by atoms with E-state index in [-0.39, 0.29) is 17.7 Å². The van der Waals surface area contributed by atoms with Crippen molar-refractivity contribution in [2.24, 2.45) is 0 Å². The molecule has 0 atom stereocenters. The molecular formula is C11H12N4O3S. The molecule has 0 radical (unpaired) electrons. The van der Waals surface area contributed by atoms with Gasteiger partial charge in [-0.15, -0.1) is 5.10 Å². The fraction of sp³-hybridized carbons (Fsp3) is 0.364. The molecule has 0 bridgehead atoms. The second-order valence-corrected chi connectivity index (χ2v) is 4.37. The molecule has 2 rings (SSSR count). The number of hydrogen-bond donors (Lipinski definition) is 0. The number of esters is 1. The van der Waals surface area contributed by atoms with Gasteiger partial charge in [0.25, 0.3) is 5.22 Å². The summed E-state index contributed by atoms with van der Waals surface area (Å²) in [4.78, 5) is 19.5. The Hall–Kier alpha value is -1.96. The number of hydrogen-bond acceptors (Lipinski definition) is 8. The maximum absolute atomic E-state index is 11.4. The van der Waals surface area contributed by atoms with E-state index in [0.29, 0.717) is 5.03 Å². The summed E-state index contributed by atoms with van der Waals surface area (Å²) >= 11 is 1.17. The van der Waals surface area contributed by atoms with Crippen molar-refractivity contribution in [3.8, 4) is 0 Å². The summed E-state index contributed by atoms with van der Waals surface area (Å²) in [6, 6.07) is 1.83. The van der Waals surface area contributed by atoms with E-state index < -0.39 is 5.97 Å². The molecule has 0 aromatic carbocycles. The van der Waals surface area contributed by atoms with Crippen molar-refractivity contribution >= 4 is 17.7 Å². The van der Waals surface area contributed by atoms with E-state index in [1.54, 1.807) is 6.92 Å². The van der Waals surface area contributed by atoms with Crippen LogP contribution in [-0.4, -0.2) is 32.7 Å². The van der Waals surface area contributed by atoms with Gasteiger partial charge in [0.15, 0.2) is 0 Å². The van der Waals surface area contributed by atoms with E-state index in [9.17, 15) is 4.79 Å². The van der Waals surface area contributed by atoms with Gasteiger partial charge in [-0.2, -0.15) is 0 Å². The lowest BCUT2D eigenvalue weighted by atomic mass is 10.3. The van der Waals surface area contributed by atoms with Gasteiger partial charge in [0.2, 0.25) is 0 Å². The van der Waals surface area contributed by atoms with Crippen molar-refractivity contribution < 1.29 is 13.9 Å². The van der Waals surface area contributed by atoms with Gasteiger partial charge in [0.1, 0.15) is 11.4 Å². The SMILES string of the molecule is CCOC(=O)c1nnc(Sc2cc(CC)ncn2)o1. The number of carbonyl (C=O) groups excluding carboxylic acids is 1. The topological polar surface area (TPSA) is 91.0 Å². The molecule has 100 valence electrons. The van der Waals surface area contributed by atoms with Crippen molar-refractivity contribution in [3.05, 3.63) is 24.0 Å². The van der Waals surface area contributed by atoms with Gasteiger partial charge < -0.3 is 9.15 Å². The lowest BCUT2D eigenvalue weighted by Gasteiger charge is -1.98. The van der Waals surface area contributed by atoms with Crippen molar-refractivity contribution in [1.29, 1.82) is 0 Å². The summed E-state index contributed by atoms with van der Waals surface area (Å²) in [5, 5.41) is 8.30. The third kappa shape index (κ3) is 3.50. The Balaban J connectivity index is 2.09. The summed E-state index contributed by atoms with van der Waals surface area (Å²) < 4.78 is 9.94. The van der Waals surface area contributed by atoms with Crippen molar-refractivity contribution in [3.63, 3.8) is 0 Å². The van der Waals surface area contributed by atoms with Gasteiger partial charge >= 0.3 is 11.9 Å². The second kappa shape index (κ2) is 6.28. The van der Waals surface area contributed by atoms with Crippen LogP contribution < -0.4 is 0 Å². The number of rotatable bonds is 5. The van der Waals surface area contributed by atoms with E-state index >= 15 is 0 Å². The number of nitrogens with zero attached hydrogens (tertiary/aromatic N) is 4. The lowest BCUT2D eigenvalue weighted by molar-refractivity contribution is 0.0475. The van der Waals surface area contributed by atoms with Gasteiger partial charge in [0, 0.05) is 5.69 Å². The average Bonchev–Trinajstić information content (AvgIpc) is 2.88. The van der Waals surface area contributed by atoms with Crippen LogP contribution in [0, 0.1) is 0 Å². The van der Waals surface area contributed by atoms with Crippen LogP contribution in [0.1, 0.15) is 30.2 Å². The van der Waals surface area contributed by atoms with E-state index in [0.717, 1.165) is 12.1 Å². The highest BCUT2D eigenvalue weighted by Gasteiger charge is 2.16. The molecule has 0 aliphatic carbocycles. The number of ether oxygens (including phenoxy) is 1. The van der Waals surface area contributed by atoms with Crippen molar-refractivity contribution in [2.75, 3.05) is 6.61 Å². The molecule has 0 unspecified atom stereocenters. The van der Waals surface area contributed by atoms with Crippen LogP contribution in [-0.2, 0) is 11.2 Å². The highest BCUT2D eigenvalue weighted by Crippen LogP contribution is 2.24. The minimum atomic E-state index is -0.626. The van der Waals surface area contributed by atoms with E-state index in [4.69, 9.17) is 9.15 Å². The van der Waals surface area contributed by atoms with Crippen molar-refractivity contribution in [2.45, 2.75) is 30.5 Å². The molecular weight excluding hydrogens is 268 g/mol. The molecule has 0 N–H and O–H groups in total. The molecule has 0 aliphatic heterocycles. The maximum atomic E-state index is 11.4. The summed E-state index contributed by atoms with van der Waals surface area (Å²) in [5.41, 5.74) is 0.919. The lowest BCUT2D eigenvalue weighted by Crippen LogP contribution is -2.04. The van der Waals surface area contributed by atoms with Gasteiger partial charge in [-0.05, 0) is 31.2 Å². The van der Waals surface area contributed by atoms with Crippen LogP contribution >= 0.6 is 11.8 Å². The molecule has 0 amide bonds. The Kier molecular flexibility index (Phi) is 4.45. The molecule has 0 aliphatic rings. The number of aromatic nitrogens is 4. The van der Waals surface area contributed by atoms with Crippen LogP contribution in [0.3, 0.4) is 0 Å². The zero-order valence-electron chi connectivity index (χ0n) is 10.5. The zero-order chi connectivity index (χ0) is 13.7. The maximum Gasteiger partial charge on any atom is 0.396 e. The third-order valence-corrected chi connectivity index (χ3v) is 2.88. The third-order valence-electron chi connectivity index (χ3n) is 2.11. The first kappa shape index (κ1) is 13.5. The smallest absolute Gasteiger partial charge is 0.396 e. The van der Waals surface area contributed by atoms with Gasteiger partial charge in [0.05, 0.1) is 6.61 Å². The first-order valence-electron chi connectivity index (χ1n) is 5.72. The average molecular weight is 280 g/mol. The molecule has 8 heteroatoms. The standard InChI is InChI=1S/C11H12N4O3S/c1-3-7-5-8(13-6-12-7)19-11-15-14-9(18-11)10(16)17-4-2/h5-6H,3-4H2,1-2H3. The predicted octanol–water partition coefficient (Wildman–Crippen LogP) is 1.75.